The lowest BCUT2D eigenvalue weighted by molar-refractivity contribution is 0.250. The molecule has 0 radical (unpaired) electrons. The topological polar surface area (TPSA) is 63.4 Å². The maximum Gasteiger partial charge on any atom is 0.218 e. The molecule has 1 fully saturated rings. The molecule has 1 aliphatic rings. The van der Waals surface area contributed by atoms with Gasteiger partial charge in [-0.3, -0.25) is 0 Å². The molecule has 0 spiro atoms. The van der Waals surface area contributed by atoms with Gasteiger partial charge in [-0.05, 0) is 30.4 Å². The van der Waals surface area contributed by atoms with Crippen molar-refractivity contribution >= 4 is 15.7 Å². The molecule has 1 aromatic rings. The SMILES string of the molecule is CCN(CC1CCC1)S(=O)(=O)Cc1ccccc1N. The van der Waals surface area contributed by atoms with E-state index in [-0.39, 0.29) is 5.75 Å². The Balaban J connectivity index is 2.09. The number of rotatable bonds is 6. The molecule has 1 saturated carbocycles. The average molecular weight is 282 g/mol. The predicted octanol–water partition coefficient (Wildman–Crippen LogP) is 2.22. The summed E-state index contributed by atoms with van der Waals surface area (Å²) in [5.74, 6) is 0.545. The van der Waals surface area contributed by atoms with E-state index in [4.69, 9.17) is 5.73 Å². The summed E-state index contributed by atoms with van der Waals surface area (Å²) in [6.07, 6.45) is 3.53. The Morgan fingerprint density at radius 1 is 1.32 bits per heavy atom. The van der Waals surface area contributed by atoms with Gasteiger partial charge in [-0.15, -0.1) is 0 Å². The fourth-order valence-corrected chi connectivity index (χ4v) is 4.03. The summed E-state index contributed by atoms with van der Waals surface area (Å²) in [6.45, 7) is 3.09. The monoisotopic (exact) mass is 282 g/mol. The molecule has 4 nitrogen and oxygen atoms in total. The summed E-state index contributed by atoms with van der Waals surface area (Å²) in [5, 5.41) is 0. The standard InChI is InChI=1S/C14H22N2O2S/c1-2-16(10-12-6-5-7-12)19(17,18)11-13-8-3-4-9-14(13)15/h3-4,8-9,12H,2,5-7,10-11,15H2,1H3. The second kappa shape index (κ2) is 5.92. The molecule has 2 rings (SSSR count). The maximum atomic E-state index is 12.4. The first-order chi connectivity index (χ1) is 9.03. The zero-order valence-electron chi connectivity index (χ0n) is 11.4. The van der Waals surface area contributed by atoms with Crippen LogP contribution < -0.4 is 5.73 Å². The summed E-state index contributed by atoms with van der Waals surface area (Å²) in [5.41, 5.74) is 7.06. The quantitative estimate of drug-likeness (QED) is 0.814. The number of sulfonamides is 1. The first-order valence-corrected chi connectivity index (χ1v) is 8.45. The lowest BCUT2D eigenvalue weighted by Gasteiger charge is -2.31. The first-order valence-electron chi connectivity index (χ1n) is 6.84. The Kier molecular flexibility index (Phi) is 4.47. The Morgan fingerprint density at radius 2 is 2.00 bits per heavy atom. The van der Waals surface area contributed by atoms with E-state index in [0.717, 1.165) is 12.8 Å². The van der Waals surface area contributed by atoms with Crippen molar-refractivity contribution in [2.24, 2.45) is 5.92 Å². The van der Waals surface area contributed by atoms with E-state index in [1.165, 1.54) is 6.42 Å². The number of anilines is 1. The Labute approximate surface area is 115 Å². The lowest BCUT2D eigenvalue weighted by atomic mass is 9.85. The van der Waals surface area contributed by atoms with Crippen molar-refractivity contribution in [3.63, 3.8) is 0 Å². The van der Waals surface area contributed by atoms with Gasteiger partial charge in [0.1, 0.15) is 0 Å². The third-order valence-electron chi connectivity index (χ3n) is 3.83. The van der Waals surface area contributed by atoms with Crippen molar-refractivity contribution in [2.75, 3.05) is 18.8 Å². The minimum absolute atomic E-state index is 0.000231. The highest BCUT2D eigenvalue weighted by atomic mass is 32.2. The molecule has 2 N–H and O–H groups in total. The molecule has 1 aliphatic carbocycles. The van der Waals surface area contributed by atoms with Gasteiger partial charge in [-0.25, -0.2) is 12.7 Å². The van der Waals surface area contributed by atoms with E-state index in [9.17, 15) is 8.42 Å². The second-order valence-electron chi connectivity index (χ2n) is 5.20. The Hall–Kier alpha value is -1.07. The third-order valence-corrected chi connectivity index (χ3v) is 5.70. The second-order valence-corrected chi connectivity index (χ2v) is 7.17. The molecule has 1 aromatic carbocycles. The van der Waals surface area contributed by atoms with Gasteiger partial charge in [-0.1, -0.05) is 31.5 Å². The number of nitrogen functional groups attached to an aromatic ring is 1. The summed E-state index contributed by atoms with van der Waals surface area (Å²) >= 11 is 0. The van der Waals surface area contributed by atoms with Gasteiger partial charge < -0.3 is 5.73 Å². The lowest BCUT2D eigenvalue weighted by Crippen LogP contribution is -2.38. The van der Waals surface area contributed by atoms with Crippen molar-refractivity contribution in [1.29, 1.82) is 0 Å². The number of para-hydroxylation sites is 1. The smallest absolute Gasteiger partial charge is 0.218 e. The average Bonchev–Trinajstić information content (AvgIpc) is 2.30. The van der Waals surface area contributed by atoms with E-state index < -0.39 is 10.0 Å². The number of nitrogens with two attached hydrogens (primary N) is 1. The summed E-state index contributed by atoms with van der Waals surface area (Å²) in [7, 11) is -3.27. The Bertz CT molecular complexity index is 524. The molecule has 0 bridgehead atoms. The van der Waals surface area contributed by atoms with Crippen LogP contribution >= 0.6 is 0 Å². The summed E-state index contributed by atoms with van der Waals surface area (Å²) < 4.78 is 26.5. The van der Waals surface area contributed by atoms with Crippen LogP contribution in [0.3, 0.4) is 0 Å². The molecular formula is C14H22N2O2S. The summed E-state index contributed by atoms with van der Waals surface area (Å²) in [4.78, 5) is 0. The molecule has 0 heterocycles. The van der Waals surface area contributed by atoms with Gasteiger partial charge in [0, 0.05) is 18.8 Å². The molecule has 19 heavy (non-hydrogen) atoms. The third kappa shape index (κ3) is 3.48. The van der Waals surface area contributed by atoms with Crippen LogP contribution in [-0.2, 0) is 15.8 Å². The van der Waals surface area contributed by atoms with Crippen LogP contribution in [0.5, 0.6) is 0 Å². The fraction of sp³-hybridized carbons (Fsp3) is 0.571. The first kappa shape index (κ1) is 14.3. The summed E-state index contributed by atoms with van der Waals surface area (Å²) in [6, 6.07) is 7.16. The van der Waals surface area contributed by atoms with E-state index in [2.05, 4.69) is 0 Å². The van der Waals surface area contributed by atoms with E-state index in [1.807, 2.05) is 19.1 Å². The molecule has 0 unspecified atom stereocenters. The molecule has 0 atom stereocenters. The van der Waals surface area contributed by atoms with Crippen LogP contribution in [0.15, 0.2) is 24.3 Å². The van der Waals surface area contributed by atoms with Gasteiger partial charge in [0.05, 0.1) is 5.75 Å². The number of nitrogens with zero attached hydrogens (tertiary/aromatic N) is 1. The highest BCUT2D eigenvalue weighted by Gasteiger charge is 2.27. The minimum atomic E-state index is -3.27. The molecule has 5 heteroatoms. The normalized spacial score (nSPS) is 16.5. The van der Waals surface area contributed by atoms with Gasteiger partial charge in [-0.2, -0.15) is 0 Å². The molecule has 0 aliphatic heterocycles. The van der Waals surface area contributed by atoms with Crippen LogP contribution in [-0.4, -0.2) is 25.8 Å². The highest BCUT2D eigenvalue weighted by molar-refractivity contribution is 7.88. The van der Waals surface area contributed by atoms with Crippen LogP contribution in [0.4, 0.5) is 5.69 Å². The highest BCUT2D eigenvalue weighted by Crippen LogP contribution is 2.28. The number of hydrogen-bond acceptors (Lipinski definition) is 3. The molecular weight excluding hydrogens is 260 g/mol. The number of hydrogen-bond donors (Lipinski definition) is 1. The van der Waals surface area contributed by atoms with E-state index in [1.54, 1.807) is 16.4 Å². The Morgan fingerprint density at radius 3 is 2.53 bits per heavy atom. The molecule has 0 amide bonds. The van der Waals surface area contributed by atoms with Crippen molar-refractivity contribution in [3.8, 4) is 0 Å². The van der Waals surface area contributed by atoms with Gasteiger partial charge >= 0.3 is 0 Å². The van der Waals surface area contributed by atoms with Crippen molar-refractivity contribution < 1.29 is 8.42 Å². The molecule has 0 aromatic heterocycles. The van der Waals surface area contributed by atoms with Crippen LogP contribution in [0.1, 0.15) is 31.7 Å². The zero-order valence-corrected chi connectivity index (χ0v) is 12.2. The minimum Gasteiger partial charge on any atom is -0.398 e. The van der Waals surface area contributed by atoms with E-state index >= 15 is 0 Å². The predicted molar refractivity (Wildman–Crippen MR) is 78.1 cm³/mol. The van der Waals surface area contributed by atoms with Gasteiger partial charge in [0.2, 0.25) is 10.0 Å². The van der Waals surface area contributed by atoms with Crippen molar-refractivity contribution in [3.05, 3.63) is 29.8 Å². The van der Waals surface area contributed by atoms with Gasteiger partial charge in [0.25, 0.3) is 0 Å². The van der Waals surface area contributed by atoms with Crippen LogP contribution in [0, 0.1) is 5.92 Å². The number of benzene rings is 1. The fourth-order valence-electron chi connectivity index (χ4n) is 2.36. The van der Waals surface area contributed by atoms with Crippen molar-refractivity contribution in [2.45, 2.75) is 31.9 Å². The van der Waals surface area contributed by atoms with Gasteiger partial charge in [0.15, 0.2) is 0 Å². The molecule has 106 valence electrons. The maximum absolute atomic E-state index is 12.4. The van der Waals surface area contributed by atoms with Crippen molar-refractivity contribution in [1.82, 2.24) is 4.31 Å². The van der Waals surface area contributed by atoms with Crippen LogP contribution in [0.2, 0.25) is 0 Å². The van der Waals surface area contributed by atoms with E-state index in [0.29, 0.717) is 30.3 Å². The zero-order chi connectivity index (χ0) is 13.9. The largest absolute Gasteiger partial charge is 0.398 e. The van der Waals surface area contributed by atoms with Crippen LogP contribution in [0.25, 0.3) is 0 Å². The molecule has 0 saturated heterocycles.